The lowest BCUT2D eigenvalue weighted by molar-refractivity contribution is 0.102. The van der Waals surface area contributed by atoms with Gasteiger partial charge in [-0.05, 0) is 71.8 Å². The number of nitrogens with one attached hydrogen (secondary N) is 1. The topological polar surface area (TPSA) is 75.3 Å². The normalized spacial score (nSPS) is 10.3. The van der Waals surface area contributed by atoms with Crippen molar-refractivity contribution in [2.75, 3.05) is 11.1 Å². The summed E-state index contributed by atoms with van der Waals surface area (Å²) in [6.45, 7) is 3.82. The molecule has 2 aromatic rings. The van der Waals surface area contributed by atoms with Crippen LogP contribution in [0.4, 0.5) is 11.4 Å². The van der Waals surface area contributed by atoms with Crippen molar-refractivity contribution in [3.8, 4) is 5.75 Å². The molecule has 0 radical (unpaired) electrons. The van der Waals surface area contributed by atoms with E-state index in [4.69, 9.17) is 5.73 Å². The van der Waals surface area contributed by atoms with Gasteiger partial charge < -0.3 is 16.2 Å². The number of nitrogen functional groups attached to an aromatic ring is 1. The highest BCUT2D eigenvalue weighted by molar-refractivity contribution is 14.1. The molecule has 0 bridgehead atoms. The Morgan fingerprint density at radius 2 is 1.90 bits per heavy atom. The van der Waals surface area contributed by atoms with Gasteiger partial charge >= 0.3 is 0 Å². The molecule has 0 unspecified atom stereocenters. The van der Waals surface area contributed by atoms with Crippen molar-refractivity contribution in [3.63, 3.8) is 0 Å². The van der Waals surface area contributed by atoms with E-state index in [1.165, 1.54) is 6.07 Å². The third-order valence-electron chi connectivity index (χ3n) is 3.06. The van der Waals surface area contributed by atoms with Gasteiger partial charge in [0, 0.05) is 14.9 Å². The van der Waals surface area contributed by atoms with Crippen LogP contribution < -0.4 is 11.1 Å². The summed E-state index contributed by atoms with van der Waals surface area (Å²) < 4.78 is 0.880. The van der Waals surface area contributed by atoms with E-state index >= 15 is 0 Å². The molecule has 0 saturated heterocycles. The van der Waals surface area contributed by atoms with Gasteiger partial charge in [-0.1, -0.05) is 6.07 Å². The molecule has 0 aromatic heterocycles. The lowest BCUT2D eigenvalue weighted by Gasteiger charge is -2.12. The van der Waals surface area contributed by atoms with Crippen molar-refractivity contribution in [1.29, 1.82) is 0 Å². The molecule has 0 aliphatic rings. The lowest BCUT2D eigenvalue weighted by atomic mass is 10.1. The van der Waals surface area contributed by atoms with Gasteiger partial charge in [0.15, 0.2) is 0 Å². The van der Waals surface area contributed by atoms with Gasteiger partial charge in [0.2, 0.25) is 0 Å². The molecule has 20 heavy (non-hydrogen) atoms. The van der Waals surface area contributed by atoms with Gasteiger partial charge in [-0.15, -0.1) is 0 Å². The van der Waals surface area contributed by atoms with E-state index < -0.39 is 0 Å². The highest BCUT2D eigenvalue weighted by atomic mass is 127. The zero-order valence-corrected chi connectivity index (χ0v) is 13.4. The fourth-order valence-electron chi connectivity index (χ4n) is 1.88. The molecule has 2 rings (SSSR count). The van der Waals surface area contributed by atoms with Crippen LogP contribution in [0.25, 0.3) is 0 Å². The van der Waals surface area contributed by atoms with Gasteiger partial charge in [0.1, 0.15) is 5.75 Å². The average Bonchev–Trinajstić information content (AvgIpc) is 2.38. The summed E-state index contributed by atoms with van der Waals surface area (Å²) in [5.74, 6) is -0.395. The highest BCUT2D eigenvalue weighted by Crippen LogP contribution is 2.25. The Labute approximate surface area is 131 Å². The van der Waals surface area contributed by atoms with E-state index in [9.17, 15) is 9.90 Å². The molecule has 2 aromatic carbocycles. The van der Waals surface area contributed by atoms with Crippen LogP contribution in [-0.2, 0) is 0 Å². The standard InChI is InChI=1S/C15H15IN2O2/c1-8-5-9(2)13(7-12(8)17)18-15(20)11-6-10(16)3-4-14(11)19/h3-7,19H,17H2,1-2H3,(H,18,20). The number of carbonyl (C=O) groups is 1. The van der Waals surface area contributed by atoms with Crippen LogP contribution in [0.3, 0.4) is 0 Å². The number of anilines is 2. The first-order valence-corrected chi connectivity index (χ1v) is 7.13. The minimum Gasteiger partial charge on any atom is -0.507 e. The summed E-state index contributed by atoms with van der Waals surface area (Å²) >= 11 is 2.09. The first-order chi connectivity index (χ1) is 9.38. The van der Waals surface area contributed by atoms with Gasteiger partial charge in [-0.25, -0.2) is 0 Å². The number of nitrogens with two attached hydrogens (primary N) is 1. The Hall–Kier alpha value is -1.76. The van der Waals surface area contributed by atoms with Crippen LogP contribution in [0.15, 0.2) is 30.3 Å². The number of hydrogen-bond donors (Lipinski definition) is 3. The van der Waals surface area contributed by atoms with Gasteiger partial charge in [-0.3, -0.25) is 4.79 Å². The van der Waals surface area contributed by atoms with Crippen LogP contribution >= 0.6 is 22.6 Å². The first kappa shape index (κ1) is 14.6. The van der Waals surface area contributed by atoms with Crippen LogP contribution in [0.2, 0.25) is 0 Å². The van der Waals surface area contributed by atoms with Crippen molar-refractivity contribution in [3.05, 3.63) is 50.6 Å². The third-order valence-corrected chi connectivity index (χ3v) is 3.74. The second-order valence-electron chi connectivity index (χ2n) is 4.64. The van der Waals surface area contributed by atoms with E-state index in [0.717, 1.165) is 14.7 Å². The van der Waals surface area contributed by atoms with Crippen molar-refractivity contribution >= 4 is 39.9 Å². The summed E-state index contributed by atoms with van der Waals surface area (Å²) in [7, 11) is 0. The summed E-state index contributed by atoms with van der Waals surface area (Å²) in [5, 5.41) is 12.5. The lowest BCUT2D eigenvalue weighted by Crippen LogP contribution is -2.13. The van der Waals surface area contributed by atoms with E-state index in [1.807, 2.05) is 19.9 Å². The van der Waals surface area contributed by atoms with Gasteiger partial charge in [-0.2, -0.15) is 0 Å². The SMILES string of the molecule is Cc1cc(C)c(NC(=O)c2cc(I)ccc2O)cc1N. The number of phenols is 1. The van der Waals surface area contributed by atoms with E-state index in [2.05, 4.69) is 27.9 Å². The molecule has 4 N–H and O–H groups in total. The first-order valence-electron chi connectivity index (χ1n) is 6.05. The maximum absolute atomic E-state index is 12.2. The number of hydrogen-bond acceptors (Lipinski definition) is 3. The number of rotatable bonds is 2. The highest BCUT2D eigenvalue weighted by Gasteiger charge is 2.13. The average molecular weight is 382 g/mol. The summed E-state index contributed by atoms with van der Waals surface area (Å²) in [5.41, 5.74) is 9.27. The predicted octanol–water partition coefficient (Wildman–Crippen LogP) is 3.45. The molecule has 0 spiro atoms. The molecule has 0 aliphatic heterocycles. The summed E-state index contributed by atoms with van der Waals surface area (Å²) in [6, 6.07) is 8.53. The zero-order valence-electron chi connectivity index (χ0n) is 11.2. The number of aromatic hydroxyl groups is 1. The molecule has 5 heteroatoms. The molecule has 1 amide bonds. The number of amides is 1. The van der Waals surface area contributed by atoms with Crippen molar-refractivity contribution in [2.45, 2.75) is 13.8 Å². The molecular weight excluding hydrogens is 367 g/mol. The quantitative estimate of drug-likeness (QED) is 0.550. The van der Waals surface area contributed by atoms with Gasteiger partial charge in [0.05, 0.1) is 5.56 Å². The molecule has 0 heterocycles. The molecule has 0 aliphatic carbocycles. The van der Waals surface area contributed by atoms with E-state index in [-0.39, 0.29) is 17.2 Å². The van der Waals surface area contributed by atoms with Crippen LogP contribution in [-0.4, -0.2) is 11.0 Å². The Bertz CT molecular complexity index is 684. The maximum atomic E-state index is 12.2. The summed E-state index contributed by atoms with van der Waals surface area (Å²) in [4.78, 5) is 12.2. The van der Waals surface area contributed by atoms with E-state index in [0.29, 0.717) is 11.4 Å². The smallest absolute Gasteiger partial charge is 0.259 e. The maximum Gasteiger partial charge on any atom is 0.259 e. The zero-order chi connectivity index (χ0) is 14.9. The second kappa shape index (κ2) is 5.70. The summed E-state index contributed by atoms with van der Waals surface area (Å²) in [6.07, 6.45) is 0. The van der Waals surface area contributed by atoms with E-state index in [1.54, 1.807) is 18.2 Å². The largest absolute Gasteiger partial charge is 0.507 e. The fraction of sp³-hybridized carbons (Fsp3) is 0.133. The number of carbonyl (C=O) groups excluding carboxylic acids is 1. The van der Waals surface area contributed by atoms with Crippen molar-refractivity contribution in [2.24, 2.45) is 0 Å². The number of aryl methyl sites for hydroxylation is 2. The van der Waals surface area contributed by atoms with Gasteiger partial charge in [0.25, 0.3) is 5.91 Å². The Morgan fingerprint density at radius 1 is 1.20 bits per heavy atom. The Morgan fingerprint density at radius 3 is 2.60 bits per heavy atom. The molecule has 104 valence electrons. The Kier molecular flexibility index (Phi) is 4.17. The minimum absolute atomic E-state index is 0.0411. The minimum atomic E-state index is -0.354. The molecule has 0 fully saturated rings. The Balaban J connectivity index is 2.32. The number of phenolic OH excluding ortho intramolecular Hbond substituents is 1. The second-order valence-corrected chi connectivity index (χ2v) is 5.88. The number of halogens is 1. The van der Waals surface area contributed by atoms with Crippen LogP contribution in [0.1, 0.15) is 21.5 Å². The fourth-order valence-corrected chi connectivity index (χ4v) is 2.37. The molecule has 0 saturated carbocycles. The molecule has 4 nitrogen and oxygen atoms in total. The molecule has 0 atom stereocenters. The predicted molar refractivity (Wildman–Crippen MR) is 89.1 cm³/mol. The van der Waals surface area contributed by atoms with Crippen LogP contribution in [0.5, 0.6) is 5.75 Å². The molecular formula is C15H15IN2O2. The third kappa shape index (κ3) is 3.04. The number of benzene rings is 2. The monoisotopic (exact) mass is 382 g/mol. The van der Waals surface area contributed by atoms with Crippen molar-refractivity contribution in [1.82, 2.24) is 0 Å². The van der Waals surface area contributed by atoms with Crippen molar-refractivity contribution < 1.29 is 9.90 Å². The van der Waals surface area contributed by atoms with Crippen LogP contribution in [0, 0.1) is 17.4 Å².